The van der Waals surface area contributed by atoms with E-state index in [-0.39, 0.29) is 23.7 Å². The van der Waals surface area contributed by atoms with E-state index in [0.717, 1.165) is 43.6 Å². The topological polar surface area (TPSA) is 84.2 Å². The van der Waals surface area contributed by atoms with Crippen LogP contribution in [0.2, 0.25) is 0 Å². The van der Waals surface area contributed by atoms with E-state index in [2.05, 4.69) is 17.6 Å². The number of nitrogens with one attached hydrogen (secondary N) is 2. The smallest absolute Gasteiger partial charge is 0.231 e. The number of benzene rings is 1. The molecule has 21 heavy (non-hydrogen) atoms. The van der Waals surface area contributed by atoms with Crippen molar-refractivity contribution in [3.63, 3.8) is 0 Å². The maximum absolute atomic E-state index is 12.6. The van der Waals surface area contributed by atoms with E-state index in [1.54, 1.807) is 0 Å². The van der Waals surface area contributed by atoms with E-state index in [1.807, 2.05) is 24.3 Å². The lowest BCUT2D eigenvalue weighted by atomic mass is 9.77. The second-order valence-corrected chi connectivity index (χ2v) is 5.71. The summed E-state index contributed by atoms with van der Waals surface area (Å²) in [4.78, 5) is 23.4. The van der Waals surface area contributed by atoms with Gasteiger partial charge in [0.1, 0.15) is 0 Å². The summed E-state index contributed by atoms with van der Waals surface area (Å²) in [5, 5.41) is 6.30. The third-order valence-electron chi connectivity index (χ3n) is 4.22. The number of rotatable bonds is 5. The van der Waals surface area contributed by atoms with Crippen molar-refractivity contribution in [2.75, 3.05) is 18.4 Å². The molecule has 0 bridgehead atoms. The molecular formula is C16H23N3O2. The predicted octanol–water partition coefficient (Wildman–Crippen LogP) is 1.43. The summed E-state index contributed by atoms with van der Waals surface area (Å²) < 4.78 is 0. The van der Waals surface area contributed by atoms with E-state index in [4.69, 9.17) is 5.73 Å². The number of amides is 2. The van der Waals surface area contributed by atoms with Gasteiger partial charge in [-0.2, -0.15) is 0 Å². The standard InChI is InChI=1S/C16H23N3O2/c1-2-16(8-3-9-18-11-16)15(21)19-13-6-4-12(5-7-13)10-14(17)20/h4-7,18H,2-3,8-11H2,1H3,(H2,17,20)(H,19,21). The average Bonchev–Trinajstić information content (AvgIpc) is 2.49. The molecule has 1 atom stereocenters. The maximum Gasteiger partial charge on any atom is 0.231 e. The van der Waals surface area contributed by atoms with E-state index >= 15 is 0 Å². The number of hydrogen-bond donors (Lipinski definition) is 3. The van der Waals surface area contributed by atoms with Crippen molar-refractivity contribution >= 4 is 17.5 Å². The summed E-state index contributed by atoms with van der Waals surface area (Å²) in [6.45, 7) is 3.77. The normalized spacial score (nSPS) is 21.8. The van der Waals surface area contributed by atoms with Gasteiger partial charge in [-0.3, -0.25) is 9.59 Å². The Labute approximate surface area is 125 Å². The minimum absolute atomic E-state index is 0.0693. The summed E-state index contributed by atoms with van der Waals surface area (Å²) in [6.07, 6.45) is 2.99. The van der Waals surface area contributed by atoms with Gasteiger partial charge in [0.2, 0.25) is 11.8 Å². The fraction of sp³-hybridized carbons (Fsp3) is 0.500. The maximum atomic E-state index is 12.6. The van der Waals surface area contributed by atoms with Crippen LogP contribution < -0.4 is 16.4 Å². The van der Waals surface area contributed by atoms with Crippen molar-refractivity contribution in [1.29, 1.82) is 0 Å². The minimum atomic E-state index is -0.356. The van der Waals surface area contributed by atoms with Gasteiger partial charge in [-0.05, 0) is 43.5 Å². The first kappa shape index (κ1) is 15.5. The summed E-state index contributed by atoms with van der Waals surface area (Å²) in [5.41, 5.74) is 6.45. The lowest BCUT2D eigenvalue weighted by Gasteiger charge is -2.35. The van der Waals surface area contributed by atoms with Crippen LogP contribution in [0.1, 0.15) is 31.7 Å². The molecule has 2 rings (SSSR count). The molecule has 1 unspecified atom stereocenters. The molecule has 1 saturated heterocycles. The number of hydrogen-bond acceptors (Lipinski definition) is 3. The van der Waals surface area contributed by atoms with Gasteiger partial charge in [0.05, 0.1) is 11.8 Å². The molecule has 1 aromatic carbocycles. The first-order valence-corrected chi connectivity index (χ1v) is 7.45. The number of carbonyl (C=O) groups excluding carboxylic acids is 2. The van der Waals surface area contributed by atoms with Gasteiger partial charge >= 0.3 is 0 Å². The van der Waals surface area contributed by atoms with Crippen LogP contribution in [0.15, 0.2) is 24.3 Å². The van der Waals surface area contributed by atoms with Gasteiger partial charge in [-0.1, -0.05) is 19.1 Å². The van der Waals surface area contributed by atoms with E-state index < -0.39 is 0 Å². The predicted molar refractivity (Wildman–Crippen MR) is 82.8 cm³/mol. The Kier molecular flexibility index (Phi) is 4.96. The lowest BCUT2D eigenvalue weighted by molar-refractivity contribution is -0.126. The Morgan fingerprint density at radius 1 is 1.33 bits per heavy atom. The summed E-state index contributed by atoms with van der Waals surface area (Å²) >= 11 is 0. The van der Waals surface area contributed by atoms with Crippen LogP contribution in [-0.4, -0.2) is 24.9 Å². The van der Waals surface area contributed by atoms with Crippen molar-refractivity contribution in [3.05, 3.63) is 29.8 Å². The summed E-state index contributed by atoms with van der Waals surface area (Å²) in [5.74, 6) is -0.287. The first-order valence-electron chi connectivity index (χ1n) is 7.45. The van der Waals surface area contributed by atoms with Crippen LogP contribution >= 0.6 is 0 Å². The molecule has 0 aromatic heterocycles. The number of primary amides is 1. The quantitative estimate of drug-likeness (QED) is 0.766. The van der Waals surface area contributed by atoms with Gasteiger partial charge < -0.3 is 16.4 Å². The molecule has 2 amide bonds. The molecule has 1 aliphatic rings. The molecule has 1 heterocycles. The van der Waals surface area contributed by atoms with Crippen LogP contribution in [0, 0.1) is 5.41 Å². The van der Waals surface area contributed by atoms with Gasteiger partial charge in [0.25, 0.3) is 0 Å². The zero-order chi connectivity index (χ0) is 15.3. The zero-order valence-corrected chi connectivity index (χ0v) is 12.4. The Morgan fingerprint density at radius 2 is 2.05 bits per heavy atom. The second kappa shape index (κ2) is 6.72. The molecule has 5 nitrogen and oxygen atoms in total. The largest absolute Gasteiger partial charge is 0.369 e. The molecule has 5 heteroatoms. The van der Waals surface area contributed by atoms with Gasteiger partial charge in [-0.25, -0.2) is 0 Å². The molecule has 0 aliphatic carbocycles. The van der Waals surface area contributed by atoms with Crippen LogP contribution in [-0.2, 0) is 16.0 Å². The zero-order valence-electron chi connectivity index (χ0n) is 12.4. The van der Waals surface area contributed by atoms with Gasteiger partial charge in [0, 0.05) is 12.2 Å². The third-order valence-corrected chi connectivity index (χ3v) is 4.22. The van der Waals surface area contributed by atoms with Crippen molar-refractivity contribution in [1.82, 2.24) is 5.32 Å². The van der Waals surface area contributed by atoms with Crippen molar-refractivity contribution in [2.45, 2.75) is 32.6 Å². The van der Waals surface area contributed by atoms with Crippen LogP contribution in [0.25, 0.3) is 0 Å². The Morgan fingerprint density at radius 3 is 2.57 bits per heavy atom. The van der Waals surface area contributed by atoms with Gasteiger partial charge in [0.15, 0.2) is 0 Å². The number of nitrogens with two attached hydrogens (primary N) is 1. The van der Waals surface area contributed by atoms with E-state index in [1.165, 1.54) is 0 Å². The van der Waals surface area contributed by atoms with Crippen LogP contribution in [0.3, 0.4) is 0 Å². The highest BCUT2D eigenvalue weighted by Crippen LogP contribution is 2.31. The highest BCUT2D eigenvalue weighted by atomic mass is 16.2. The summed E-state index contributed by atoms with van der Waals surface area (Å²) in [6, 6.07) is 7.27. The monoisotopic (exact) mass is 289 g/mol. The van der Waals surface area contributed by atoms with Crippen LogP contribution in [0.4, 0.5) is 5.69 Å². The van der Waals surface area contributed by atoms with E-state index in [0.29, 0.717) is 0 Å². The SMILES string of the molecule is CCC1(C(=O)Nc2ccc(CC(N)=O)cc2)CCCNC1. The molecule has 0 spiro atoms. The average molecular weight is 289 g/mol. The van der Waals surface area contributed by atoms with Crippen LogP contribution in [0.5, 0.6) is 0 Å². The number of anilines is 1. The molecular weight excluding hydrogens is 266 g/mol. The number of piperidine rings is 1. The third kappa shape index (κ3) is 3.82. The highest BCUT2D eigenvalue weighted by Gasteiger charge is 2.37. The summed E-state index contributed by atoms with van der Waals surface area (Å²) in [7, 11) is 0. The van der Waals surface area contributed by atoms with Crippen molar-refractivity contribution < 1.29 is 9.59 Å². The molecule has 1 aromatic rings. The van der Waals surface area contributed by atoms with E-state index in [9.17, 15) is 9.59 Å². The first-order chi connectivity index (χ1) is 10.1. The lowest BCUT2D eigenvalue weighted by Crippen LogP contribution is -2.47. The molecule has 114 valence electrons. The molecule has 1 aliphatic heterocycles. The Bertz CT molecular complexity index is 505. The highest BCUT2D eigenvalue weighted by molar-refractivity contribution is 5.95. The molecule has 1 fully saturated rings. The molecule has 0 radical (unpaired) electrons. The minimum Gasteiger partial charge on any atom is -0.369 e. The van der Waals surface area contributed by atoms with Crippen molar-refractivity contribution in [3.8, 4) is 0 Å². The Balaban J connectivity index is 2.03. The molecule has 0 saturated carbocycles. The molecule has 4 N–H and O–H groups in total. The Hall–Kier alpha value is -1.88. The van der Waals surface area contributed by atoms with Crippen molar-refractivity contribution in [2.24, 2.45) is 11.1 Å². The van der Waals surface area contributed by atoms with Gasteiger partial charge in [-0.15, -0.1) is 0 Å². The fourth-order valence-corrected chi connectivity index (χ4v) is 2.79. The fourth-order valence-electron chi connectivity index (χ4n) is 2.79. The number of carbonyl (C=O) groups is 2. The second-order valence-electron chi connectivity index (χ2n) is 5.71.